The van der Waals surface area contributed by atoms with E-state index in [1.165, 1.54) is 0 Å². The number of ether oxygens (including phenoxy) is 1. The Morgan fingerprint density at radius 2 is 1.37 bits per heavy atom. The van der Waals surface area contributed by atoms with Crippen LogP contribution in [0.2, 0.25) is 6.55 Å². The second-order valence-electron chi connectivity index (χ2n) is 4.03. The smallest absolute Gasteiger partial charge is 0.379 e. The van der Waals surface area contributed by atoms with Crippen LogP contribution in [-0.2, 0) is 4.43 Å². The van der Waals surface area contributed by atoms with Gasteiger partial charge in [0, 0.05) is 0 Å². The summed E-state index contributed by atoms with van der Waals surface area (Å²) < 4.78 is 16.9. The topological polar surface area (TPSA) is 27.7 Å². The highest BCUT2D eigenvalue weighted by Gasteiger charge is 2.07. The first kappa shape index (κ1) is 13.6. The van der Waals surface area contributed by atoms with Gasteiger partial charge >= 0.3 is 9.28 Å². The summed E-state index contributed by atoms with van der Waals surface area (Å²) >= 11 is 0. The highest BCUT2D eigenvalue weighted by molar-refractivity contribution is 6.43. The second-order valence-corrected chi connectivity index (χ2v) is 5.74. The summed E-state index contributed by atoms with van der Waals surface area (Å²) in [5.74, 6) is 1.73. The molecule has 0 N–H and O–H groups in total. The third-order valence-corrected chi connectivity index (χ3v) is 3.80. The second kappa shape index (κ2) is 7.61. The zero-order valence-corrected chi connectivity index (χ0v) is 12.1. The predicted octanol–water partition coefficient (Wildman–Crippen LogP) is 3.01. The maximum absolute atomic E-state index is 5.73. The Hall–Kier alpha value is -1.78. The van der Waals surface area contributed by atoms with E-state index in [9.17, 15) is 0 Å². The molecule has 0 radical (unpaired) electrons. The van der Waals surface area contributed by atoms with Crippen molar-refractivity contribution in [3.05, 3.63) is 60.7 Å². The Bertz CT molecular complexity index is 461. The van der Waals surface area contributed by atoms with Crippen molar-refractivity contribution < 1.29 is 13.6 Å². The molecule has 1 atom stereocenters. The van der Waals surface area contributed by atoms with E-state index in [-0.39, 0.29) is 0 Å². The molecule has 100 valence electrons. The van der Waals surface area contributed by atoms with Crippen LogP contribution in [0.1, 0.15) is 0 Å². The van der Waals surface area contributed by atoms with Gasteiger partial charge in [-0.1, -0.05) is 36.4 Å². The van der Waals surface area contributed by atoms with E-state index in [2.05, 4.69) is 0 Å². The Kier molecular flexibility index (Phi) is 5.46. The maximum Gasteiger partial charge on any atom is 0.379 e. The number of benzene rings is 2. The molecule has 0 fully saturated rings. The molecule has 0 aliphatic carbocycles. The molecule has 2 aromatic carbocycles. The average Bonchev–Trinajstić information content (AvgIpc) is 2.46. The van der Waals surface area contributed by atoms with Crippen molar-refractivity contribution in [1.29, 1.82) is 0 Å². The Morgan fingerprint density at radius 3 is 2.00 bits per heavy atom. The zero-order chi connectivity index (χ0) is 13.3. The van der Waals surface area contributed by atoms with Crippen LogP contribution < -0.4 is 9.16 Å². The first-order valence-electron chi connectivity index (χ1n) is 6.36. The molecule has 2 aromatic rings. The van der Waals surface area contributed by atoms with Gasteiger partial charge in [-0.05, 0) is 30.8 Å². The minimum absolute atomic E-state index is 0.541. The molecule has 0 amide bonds. The quantitative estimate of drug-likeness (QED) is 0.574. The third-order valence-electron chi connectivity index (χ3n) is 2.49. The van der Waals surface area contributed by atoms with Crippen molar-refractivity contribution in [2.24, 2.45) is 0 Å². The van der Waals surface area contributed by atoms with Crippen LogP contribution in [0, 0.1) is 0 Å². The summed E-state index contributed by atoms with van der Waals surface area (Å²) in [7, 11) is -1.63. The minimum atomic E-state index is -1.63. The number of hydrogen-bond donors (Lipinski definition) is 0. The minimum Gasteiger partial charge on any atom is -0.522 e. The molecule has 0 saturated heterocycles. The van der Waals surface area contributed by atoms with Crippen LogP contribution >= 0.6 is 0 Å². The molecule has 4 heteroatoms. The molecule has 3 nitrogen and oxygen atoms in total. The standard InChI is InChI=1S/C15H18O3Si/c1-19(18-15-10-6-3-7-11-15)17-13-12-16-14-8-4-2-5-9-14/h2-11,19H,12-13H2,1H3. The number of hydrogen-bond acceptors (Lipinski definition) is 3. The Labute approximate surface area is 115 Å². The summed E-state index contributed by atoms with van der Waals surface area (Å²) in [6.07, 6.45) is 0. The van der Waals surface area contributed by atoms with E-state index >= 15 is 0 Å². The lowest BCUT2D eigenvalue weighted by Crippen LogP contribution is -2.24. The maximum atomic E-state index is 5.73. The molecule has 0 heterocycles. The van der Waals surface area contributed by atoms with E-state index in [1.807, 2.05) is 67.2 Å². The van der Waals surface area contributed by atoms with Crippen LogP contribution in [0.3, 0.4) is 0 Å². The van der Waals surface area contributed by atoms with Crippen molar-refractivity contribution in [1.82, 2.24) is 0 Å². The van der Waals surface area contributed by atoms with Crippen LogP contribution in [0.15, 0.2) is 60.7 Å². The molecular formula is C15H18O3Si. The van der Waals surface area contributed by atoms with E-state index in [4.69, 9.17) is 13.6 Å². The summed E-state index contributed by atoms with van der Waals surface area (Å²) in [6, 6.07) is 19.5. The van der Waals surface area contributed by atoms with Crippen molar-refractivity contribution in [2.75, 3.05) is 13.2 Å². The summed E-state index contributed by atoms with van der Waals surface area (Å²) in [6.45, 7) is 3.10. The predicted molar refractivity (Wildman–Crippen MR) is 78.0 cm³/mol. The van der Waals surface area contributed by atoms with E-state index in [0.717, 1.165) is 11.5 Å². The molecular weight excluding hydrogens is 256 g/mol. The molecule has 0 bridgehead atoms. The van der Waals surface area contributed by atoms with E-state index < -0.39 is 9.28 Å². The molecule has 0 aliphatic heterocycles. The fraction of sp³-hybridized carbons (Fsp3) is 0.200. The van der Waals surface area contributed by atoms with E-state index in [1.54, 1.807) is 0 Å². The first-order chi connectivity index (χ1) is 9.34. The monoisotopic (exact) mass is 274 g/mol. The fourth-order valence-electron chi connectivity index (χ4n) is 1.62. The normalized spacial score (nSPS) is 11.8. The Morgan fingerprint density at radius 1 is 0.789 bits per heavy atom. The lowest BCUT2D eigenvalue weighted by molar-refractivity contribution is 0.197. The summed E-state index contributed by atoms with van der Waals surface area (Å²) in [4.78, 5) is 0. The van der Waals surface area contributed by atoms with Gasteiger partial charge in [0.2, 0.25) is 0 Å². The SMILES string of the molecule is C[SiH](OCCOc1ccccc1)Oc1ccccc1. The van der Waals surface area contributed by atoms with Crippen LogP contribution in [-0.4, -0.2) is 22.5 Å². The van der Waals surface area contributed by atoms with Gasteiger partial charge < -0.3 is 13.6 Å². The number of para-hydroxylation sites is 2. The lowest BCUT2D eigenvalue weighted by Gasteiger charge is -2.14. The van der Waals surface area contributed by atoms with Gasteiger partial charge in [-0.15, -0.1) is 0 Å². The van der Waals surface area contributed by atoms with Crippen LogP contribution in [0.4, 0.5) is 0 Å². The van der Waals surface area contributed by atoms with Gasteiger partial charge in [0.05, 0.1) is 6.61 Å². The van der Waals surface area contributed by atoms with E-state index in [0.29, 0.717) is 13.2 Å². The van der Waals surface area contributed by atoms with Gasteiger partial charge in [-0.25, -0.2) is 0 Å². The molecule has 1 unspecified atom stereocenters. The van der Waals surface area contributed by atoms with Crippen molar-refractivity contribution in [3.8, 4) is 11.5 Å². The lowest BCUT2D eigenvalue weighted by atomic mass is 10.3. The zero-order valence-electron chi connectivity index (χ0n) is 11.0. The van der Waals surface area contributed by atoms with Gasteiger partial charge in [0.25, 0.3) is 0 Å². The summed E-state index contributed by atoms with van der Waals surface area (Å²) in [5, 5.41) is 0. The Balaban J connectivity index is 1.63. The van der Waals surface area contributed by atoms with Crippen molar-refractivity contribution >= 4 is 9.28 Å². The highest BCUT2D eigenvalue weighted by Crippen LogP contribution is 2.10. The molecule has 0 aliphatic rings. The molecule has 19 heavy (non-hydrogen) atoms. The largest absolute Gasteiger partial charge is 0.522 e. The molecule has 0 saturated carbocycles. The van der Waals surface area contributed by atoms with Gasteiger partial charge in [-0.3, -0.25) is 0 Å². The van der Waals surface area contributed by atoms with Gasteiger partial charge in [0.1, 0.15) is 18.1 Å². The van der Waals surface area contributed by atoms with Crippen LogP contribution in [0.25, 0.3) is 0 Å². The van der Waals surface area contributed by atoms with Crippen molar-refractivity contribution in [2.45, 2.75) is 6.55 Å². The average molecular weight is 274 g/mol. The molecule has 0 spiro atoms. The van der Waals surface area contributed by atoms with Gasteiger partial charge in [0.15, 0.2) is 0 Å². The number of rotatable bonds is 7. The van der Waals surface area contributed by atoms with Crippen molar-refractivity contribution in [3.63, 3.8) is 0 Å². The molecule has 0 aromatic heterocycles. The third kappa shape index (κ3) is 5.15. The molecule has 2 rings (SSSR count). The summed E-state index contributed by atoms with van der Waals surface area (Å²) in [5.41, 5.74) is 0. The van der Waals surface area contributed by atoms with Crippen LogP contribution in [0.5, 0.6) is 11.5 Å². The highest BCUT2D eigenvalue weighted by atomic mass is 28.3. The first-order valence-corrected chi connectivity index (χ1v) is 8.45. The van der Waals surface area contributed by atoms with Gasteiger partial charge in [-0.2, -0.15) is 0 Å². The fourth-order valence-corrected chi connectivity index (χ4v) is 2.65.